The maximum atomic E-state index is 12.4. The van der Waals surface area contributed by atoms with Crippen LogP contribution < -0.4 is 5.32 Å². The third kappa shape index (κ3) is 49.2. The van der Waals surface area contributed by atoms with Gasteiger partial charge in [-0.05, 0) is 64.2 Å². The van der Waals surface area contributed by atoms with Crippen LogP contribution in [0.4, 0.5) is 0 Å². The summed E-state index contributed by atoms with van der Waals surface area (Å²) in [6.45, 7) is 4.30. The van der Waals surface area contributed by atoms with Crippen LogP contribution in [-0.4, -0.2) is 34.9 Å². The van der Waals surface area contributed by atoms with E-state index in [0.717, 1.165) is 38.5 Å². The molecular formula is C57H107NO3. The average Bonchev–Trinajstić information content (AvgIpc) is 3.26. The van der Waals surface area contributed by atoms with E-state index in [4.69, 9.17) is 0 Å². The van der Waals surface area contributed by atoms with Crippen molar-refractivity contribution in [1.82, 2.24) is 5.32 Å². The van der Waals surface area contributed by atoms with Crippen LogP contribution in [0.2, 0.25) is 0 Å². The Bertz CT molecular complexity index is 970. The maximum Gasteiger partial charge on any atom is 0.220 e. The molecule has 0 saturated carbocycles. The van der Waals surface area contributed by atoms with Crippen molar-refractivity contribution in [1.29, 1.82) is 0 Å². The largest absolute Gasteiger partial charge is 0.394 e. The van der Waals surface area contributed by atoms with E-state index in [0.29, 0.717) is 6.42 Å². The molecule has 2 unspecified atom stereocenters. The quantitative estimate of drug-likeness (QED) is 0.0422. The molecule has 0 aromatic heterocycles. The molecular weight excluding hydrogens is 747 g/mol. The molecule has 2 atom stereocenters. The summed E-state index contributed by atoms with van der Waals surface area (Å²) in [5.74, 6) is -0.0702. The fourth-order valence-corrected chi connectivity index (χ4v) is 8.34. The number of aliphatic hydroxyl groups excluding tert-OH is 2. The minimum absolute atomic E-state index is 0.0702. The number of aliphatic hydroxyl groups is 2. The van der Waals surface area contributed by atoms with Crippen LogP contribution in [0.25, 0.3) is 0 Å². The number of carbonyl (C=O) groups is 1. The van der Waals surface area contributed by atoms with Gasteiger partial charge in [-0.1, -0.05) is 268 Å². The fraction of sp³-hybridized carbons (Fsp3) is 0.842. The highest BCUT2D eigenvalue weighted by atomic mass is 16.3. The van der Waals surface area contributed by atoms with Crippen LogP contribution in [0.3, 0.4) is 0 Å². The van der Waals surface area contributed by atoms with Gasteiger partial charge in [0.05, 0.1) is 18.8 Å². The molecule has 61 heavy (non-hydrogen) atoms. The molecule has 0 saturated heterocycles. The van der Waals surface area contributed by atoms with Gasteiger partial charge >= 0.3 is 0 Å². The van der Waals surface area contributed by atoms with E-state index in [2.05, 4.69) is 55.6 Å². The number of allylic oxidation sites excluding steroid dienone is 7. The maximum absolute atomic E-state index is 12.4. The predicted octanol–water partition coefficient (Wildman–Crippen LogP) is 17.9. The van der Waals surface area contributed by atoms with Gasteiger partial charge in [0.1, 0.15) is 0 Å². The summed E-state index contributed by atoms with van der Waals surface area (Å²) in [7, 11) is 0. The van der Waals surface area contributed by atoms with Crippen molar-refractivity contribution in [3.63, 3.8) is 0 Å². The van der Waals surface area contributed by atoms with E-state index in [1.165, 1.54) is 231 Å². The van der Waals surface area contributed by atoms with E-state index in [1.54, 1.807) is 6.08 Å². The number of nitrogens with one attached hydrogen (secondary N) is 1. The van der Waals surface area contributed by atoms with Crippen molar-refractivity contribution >= 4 is 5.91 Å². The van der Waals surface area contributed by atoms with Crippen molar-refractivity contribution in [3.8, 4) is 0 Å². The summed E-state index contributed by atoms with van der Waals surface area (Å²) < 4.78 is 0. The Balaban J connectivity index is 3.46. The Labute approximate surface area is 382 Å². The van der Waals surface area contributed by atoms with Gasteiger partial charge in [-0.3, -0.25) is 4.79 Å². The van der Waals surface area contributed by atoms with Gasteiger partial charge in [-0.15, -0.1) is 0 Å². The molecule has 0 aromatic carbocycles. The normalized spacial score (nSPS) is 13.2. The minimum atomic E-state index is -0.861. The van der Waals surface area contributed by atoms with Gasteiger partial charge < -0.3 is 15.5 Å². The summed E-state index contributed by atoms with van der Waals surface area (Å²) in [4.78, 5) is 12.4. The Kier molecular flexibility index (Phi) is 51.3. The molecule has 4 heteroatoms. The molecule has 1 amide bonds. The number of hydrogen-bond acceptors (Lipinski definition) is 3. The monoisotopic (exact) mass is 854 g/mol. The first-order chi connectivity index (χ1) is 30.2. The van der Waals surface area contributed by atoms with Gasteiger partial charge in [0, 0.05) is 6.42 Å². The average molecular weight is 854 g/mol. The number of carbonyl (C=O) groups excluding carboxylic acids is 1. The second-order valence-corrected chi connectivity index (χ2v) is 18.6. The first-order valence-corrected chi connectivity index (χ1v) is 27.4. The van der Waals surface area contributed by atoms with E-state index in [9.17, 15) is 15.0 Å². The molecule has 0 fully saturated rings. The Morgan fingerprint density at radius 3 is 1.05 bits per heavy atom. The standard InChI is InChI=1S/C57H107NO3/c1-3-5-7-9-11-13-15-17-19-21-22-23-24-25-26-27-28-29-30-31-32-33-34-35-36-37-39-41-43-45-47-49-51-53-57(61)58-55(54-59)56(60)52-50-48-46-44-42-40-38-20-18-16-14-12-10-8-6-4-2/h15,17,21-22,42,44,50,52,55-56,59-60H,3-14,16,18-20,23-41,43,45-49,51,53-54H2,1-2H3,(H,58,61)/b17-15-,22-21-,44-42+,52-50+. The van der Waals surface area contributed by atoms with Gasteiger partial charge in [-0.2, -0.15) is 0 Å². The molecule has 358 valence electrons. The SMILES string of the molecule is CCCCCCC/C=C\C/C=C\CCCCCCCCCCCCCCCCCCCCCCCC(=O)NC(CO)C(O)/C=C/CC/C=C/CCCCCCCCCCCC. The van der Waals surface area contributed by atoms with Gasteiger partial charge in [0.2, 0.25) is 5.91 Å². The highest BCUT2D eigenvalue weighted by molar-refractivity contribution is 5.76. The van der Waals surface area contributed by atoms with Gasteiger partial charge in [-0.25, -0.2) is 0 Å². The number of unbranched alkanes of at least 4 members (excludes halogenated alkanes) is 37. The van der Waals surface area contributed by atoms with Crippen LogP contribution >= 0.6 is 0 Å². The molecule has 0 aliphatic carbocycles. The summed E-state index contributed by atoms with van der Waals surface area (Å²) in [6, 6.07) is -0.638. The molecule has 0 heterocycles. The lowest BCUT2D eigenvalue weighted by Gasteiger charge is -2.19. The lowest BCUT2D eigenvalue weighted by atomic mass is 10.0. The van der Waals surface area contributed by atoms with Crippen LogP contribution in [0, 0.1) is 0 Å². The van der Waals surface area contributed by atoms with Gasteiger partial charge in [0.15, 0.2) is 0 Å². The lowest BCUT2D eigenvalue weighted by molar-refractivity contribution is -0.123. The van der Waals surface area contributed by atoms with Crippen LogP contribution in [0.15, 0.2) is 48.6 Å². The molecule has 0 bridgehead atoms. The van der Waals surface area contributed by atoms with Gasteiger partial charge in [0.25, 0.3) is 0 Å². The second kappa shape index (κ2) is 52.7. The number of rotatable bonds is 50. The molecule has 0 aromatic rings. The summed E-state index contributed by atoms with van der Waals surface area (Å²) >= 11 is 0. The molecule has 3 N–H and O–H groups in total. The fourth-order valence-electron chi connectivity index (χ4n) is 8.34. The highest BCUT2D eigenvalue weighted by Gasteiger charge is 2.18. The molecule has 0 rings (SSSR count). The molecule has 0 spiro atoms. The zero-order valence-electron chi connectivity index (χ0n) is 41.2. The Hall–Kier alpha value is -1.65. The van der Waals surface area contributed by atoms with Crippen molar-refractivity contribution in [2.24, 2.45) is 0 Å². The van der Waals surface area contributed by atoms with Crippen LogP contribution in [0.1, 0.15) is 290 Å². The smallest absolute Gasteiger partial charge is 0.220 e. The third-order valence-corrected chi connectivity index (χ3v) is 12.5. The highest BCUT2D eigenvalue weighted by Crippen LogP contribution is 2.16. The number of hydrogen-bond donors (Lipinski definition) is 3. The van der Waals surface area contributed by atoms with Crippen molar-refractivity contribution in [3.05, 3.63) is 48.6 Å². The predicted molar refractivity (Wildman–Crippen MR) is 271 cm³/mol. The lowest BCUT2D eigenvalue weighted by Crippen LogP contribution is -2.45. The minimum Gasteiger partial charge on any atom is -0.394 e. The Morgan fingerprint density at radius 1 is 0.393 bits per heavy atom. The first kappa shape index (κ1) is 59.4. The summed E-state index contributed by atoms with van der Waals surface area (Å²) in [6.07, 6.45) is 72.7. The second-order valence-electron chi connectivity index (χ2n) is 18.6. The van der Waals surface area contributed by atoms with Crippen LogP contribution in [0.5, 0.6) is 0 Å². The van der Waals surface area contributed by atoms with Crippen LogP contribution in [-0.2, 0) is 4.79 Å². The molecule has 0 aliphatic heterocycles. The number of amides is 1. The van der Waals surface area contributed by atoms with E-state index in [1.807, 2.05) is 6.08 Å². The van der Waals surface area contributed by atoms with Crippen molar-refractivity contribution < 1.29 is 15.0 Å². The third-order valence-electron chi connectivity index (χ3n) is 12.5. The summed E-state index contributed by atoms with van der Waals surface area (Å²) in [5.41, 5.74) is 0. The zero-order valence-corrected chi connectivity index (χ0v) is 41.2. The zero-order chi connectivity index (χ0) is 44.2. The molecule has 0 radical (unpaired) electrons. The van der Waals surface area contributed by atoms with E-state index >= 15 is 0 Å². The molecule has 0 aliphatic rings. The topological polar surface area (TPSA) is 69.6 Å². The van der Waals surface area contributed by atoms with E-state index in [-0.39, 0.29) is 12.5 Å². The molecule has 4 nitrogen and oxygen atoms in total. The van der Waals surface area contributed by atoms with Crippen molar-refractivity contribution in [2.75, 3.05) is 6.61 Å². The first-order valence-electron chi connectivity index (χ1n) is 27.4. The van der Waals surface area contributed by atoms with E-state index < -0.39 is 12.1 Å². The summed E-state index contributed by atoms with van der Waals surface area (Å²) in [5, 5.41) is 23.1. The van der Waals surface area contributed by atoms with Crippen molar-refractivity contribution in [2.45, 2.75) is 302 Å². The Morgan fingerprint density at radius 2 is 0.689 bits per heavy atom.